The van der Waals surface area contributed by atoms with Crippen molar-refractivity contribution in [2.24, 2.45) is 0 Å². The van der Waals surface area contributed by atoms with Gasteiger partial charge < -0.3 is 15.0 Å². The van der Waals surface area contributed by atoms with Crippen molar-refractivity contribution in [2.75, 3.05) is 31.6 Å². The van der Waals surface area contributed by atoms with E-state index in [9.17, 15) is 9.18 Å². The van der Waals surface area contributed by atoms with Crippen LogP contribution >= 0.6 is 0 Å². The molecule has 0 bridgehead atoms. The maximum atomic E-state index is 13.2. The fourth-order valence-electron chi connectivity index (χ4n) is 1.84. The summed E-state index contributed by atoms with van der Waals surface area (Å²) in [6, 6.07) is 5.92. The van der Waals surface area contributed by atoms with Crippen LogP contribution in [0.25, 0.3) is 0 Å². The maximum absolute atomic E-state index is 13.2. The molecule has 5 heteroatoms. The third-order valence-corrected chi connectivity index (χ3v) is 2.88. The predicted octanol–water partition coefficient (Wildman–Crippen LogP) is 1.80. The topological polar surface area (TPSA) is 41.6 Å². The van der Waals surface area contributed by atoms with Crippen LogP contribution in [0.1, 0.15) is 13.8 Å². The number of anilines is 1. The Bertz CT molecular complexity index is 412. The molecule has 0 aromatic heterocycles. The predicted molar refractivity (Wildman–Crippen MR) is 73.8 cm³/mol. The molecule has 19 heavy (non-hydrogen) atoms. The molecule has 0 radical (unpaired) electrons. The number of rotatable bonds is 7. The highest BCUT2D eigenvalue weighted by Crippen LogP contribution is 2.15. The minimum atomic E-state index is -0.428. The second kappa shape index (κ2) is 7.74. The highest BCUT2D eigenvalue weighted by atomic mass is 19.1. The van der Waals surface area contributed by atoms with Crippen LogP contribution in [-0.2, 0) is 9.53 Å². The van der Waals surface area contributed by atoms with Gasteiger partial charge in [-0.1, -0.05) is 6.07 Å². The number of nitrogens with zero attached hydrogens (tertiary/aromatic N) is 1. The second-order valence-corrected chi connectivity index (χ2v) is 4.11. The number of hydrogen-bond donors (Lipinski definition) is 1. The molecule has 1 rings (SSSR count). The Morgan fingerprint density at radius 2 is 2.21 bits per heavy atom. The van der Waals surface area contributed by atoms with Crippen molar-refractivity contribution in [1.29, 1.82) is 0 Å². The van der Waals surface area contributed by atoms with Gasteiger partial charge in [-0.3, -0.25) is 4.79 Å². The lowest BCUT2D eigenvalue weighted by Crippen LogP contribution is -2.45. The summed E-state index contributed by atoms with van der Waals surface area (Å²) in [5.74, 6) is -0.576. The number of nitrogens with one attached hydrogen (secondary N) is 1. The number of likely N-dealkylation sites (N-methyl/N-ethyl adjacent to an activating group) is 2. The lowest BCUT2D eigenvalue weighted by molar-refractivity contribution is -0.145. The summed E-state index contributed by atoms with van der Waals surface area (Å²) in [5.41, 5.74) is 0.757. The van der Waals surface area contributed by atoms with Crippen LogP contribution in [-0.4, -0.2) is 38.8 Å². The SMILES string of the molecule is CCOC(=O)C(CN(CC)c1cccc(F)c1)NC. The first-order valence-electron chi connectivity index (χ1n) is 6.46. The Labute approximate surface area is 113 Å². The van der Waals surface area contributed by atoms with Gasteiger partial charge in [-0.2, -0.15) is 0 Å². The molecule has 1 atom stereocenters. The van der Waals surface area contributed by atoms with E-state index in [-0.39, 0.29) is 11.8 Å². The Kier molecular flexibility index (Phi) is 6.29. The zero-order chi connectivity index (χ0) is 14.3. The van der Waals surface area contributed by atoms with Crippen molar-refractivity contribution in [3.63, 3.8) is 0 Å². The van der Waals surface area contributed by atoms with Crippen LogP contribution in [0.4, 0.5) is 10.1 Å². The monoisotopic (exact) mass is 268 g/mol. The highest BCUT2D eigenvalue weighted by molar-refractivity contribution is 5.76. The molecule has 0 fully saturated rings. The fraction of sp³-hybridized carbons (Fsp3) is 0.500. The van der Waals surface area contributed by atoms with Crippen LogP contribution in [0.3, 0.4) is 0 Å². The van der Waals surface area contributed by atoms with E-state index in [1.54, 1.807) is 20.0 Å². The lowest BCUT2D eigenvalue weighted by Gasteiger charge is -2.27. The molecule has 0 spiro atoms. The fourth-order valence-corrected chi connectivity index (χ4v) is 1.84. The normalized spacial score (nSPS) is 12.0. The average molecular weight is 268 g/mol. The Morgan fingerprint density at radius 1 is 1.47 bits per heavy atom. The minimum Gasteiger partial charge on any atom is -0.465 e. The number of benzene rings is 1. The van der Waals surface area contributed by atoms with E-state index in [2.05, 4.69) is 5.32 Å². The van der Waals surface area contributed by atoms with E-state index in [0.717, 1.165) is 5.69 Å². The van der Waals surface area contributed by atoms with Crippen LogP contribution in [0.2, 0.25) is 0 Å². The highest BCUT2D eigenvalue weighted by Gasteiger charge is 2.20. The molecule has 0 aliphatic heterocycles. The van der Waals surface area contributed by atoms with Gasteiger partial charge in [0.05, 0.1) is 6.61 Å². The summed E-state index contributed by atoms with van der Waals surface area (Å²) >= 11 is 0. The van der Waals surface area contributed by atoms with E-state index < -0.39 is 6.04 Å². The first-order valence-corrected chi connectivity index (χ1v) is 6.46. The third-order valence-electron chi connectivity index (χ3n) is 2.88. The number of halogens is 1. The average Bonchev–Trinajstić information content (AvgIpc) is 2.40. The Morgan fingerprint density at radius 3 is 2.74 bits per heavy atom. The molecule has 0 saturated carbocycles. The molecule has 4 nitrogen and oxygen atoms in total. The summed E-state index contributed by atoms with van der Waals surface area (Å²) < 4.78 is 18.2. The van der Waals surface area contributed by atoms with Crippen molar-refractivity contribution in [2.45, 2.75) is 19.9 Å². The van der Waals surface area contributed by atoms with E-state index in [1.807, 2.05) is 17.9 Å². The number of esters is 1. The first kappa shape index (κ1) is 15.4. The minimum absolute atomic E-state index is 0.284. The largest absolute Gasteiger partial charge is 0.465 e. The molecule has 0 aliphatic rings. The summed E-state index contributed by atoms with van der Waals surface area (Å²) in [5, 5.41) is 2.93. The summed E-state index contributed by atoms with van der Waals surface area (Å²) in [7, 11) is 1.71. The van der Waals surface area contributed by atoms with Gasteiger partial charge in [0, 0.05) is 18.8 Å². The van der Waals surface area contributed by atoms with Gasteiger partial charge >= 0.3 is 5.97 Å². The van der Waals surface area contributed by atoms with E-state index in [0.29, 0.717) is 19.7 Å². The van der Waals surface area contributed by atoms with Gasteiger partial charge in [0.15, 0.2) is 0 Å². The molecule has 0 aliphatic carbocycles. The second-order valence-electron chi connectivity index (χ2n) is 4.11. The van der Waals surface area contributed by atoms with Gasteiger partial charge in [-0.25, -0.2) is 4.39 Å². The molecule has 106 valence electrons. The zero-order valence-electron chi connectivity index (χ0n) is 11.6. The van der Waals surface area contributed by atoms with Crippen LogP contribution in [0, 0.1) is 5.82 Å². The van der Waals surface area contributed by atoms with Gasteiger partial charge in [0.2, 0.25) is 0 Å². The zero-order valence-corrected chi connectivity index (χ0v) is 11.6. The molecule has 1 unspecified atom stereocenters. The Hall–Kier alpha value is -1.62. The maximum Gasteiger partial charge on any atom is 0.324 e. The van der Waals surface area contributed by atoms with E-state index >= 15 is 0 Å². The standard InChI is InChI=1S/C14H21FN2O2/c1-4-17(12-8-6-7-11(15)9-12)10-13(16-3)14(18)19-5-2/h6-9,13,16H,4-5,10H2,1-3H3. The number of carbonyl (C=O) groups excluding carboxylic acids is 1. The van der Waals surface area contributed by atoms with E-state index in [4.69, 9.17) is 4.74 Å². The van der Waals surface area contributed by atoms with Crippen molar-refractivity contribution in [3.8, 4) is 0 Å². The van der Waals surface area contributed by atoms with Crippen molar-refractivity contribution in [3.05, 3.63) is 30.1 Å². The van der Waals surface area contributed by atoms with Gasteiger partial charge in [0.1, 0.15) is 11.9 Å². The molecule has 1 aromatic carbocycles. The molecule has 0 saturated heterocycles. The van der Waals surface area contributed by atoms with Gasteiger partial charge in [0.25, 0.3) is 0 Å². The molecule has 1 aromatic rings. The van der Waals surface area contributed by atoms with Crippen LogP contribution < -0.4 is 10.2 Å². The molecular formula is C14H21FN2O2. The summed E-state index contributed by atoms with van der Waals surface area (Å²) in [6.07, 6.45) is 0. The number of hydrogen-bond acceptors (Lipinski definition) is 4. The van der Waals surface area contributed by atoms with Crippen LogP contribution in [0.5, 0.6) is 0 Å². The first-order chi connectivity index (χ1) is 9.12. The van der Waals surface area contributed by atoms with Crippen molar-refractivity contribution >= 4 is 11.7 Å². The van der Waals surface area contributed by atoms with Crippen molar-refractivity contribution in [1.82, 2.24) is 5.32 Å². The van der Waals surface area contributed by atoms with Crippen molar-refractivity contribution < 1.29 is 13.9 Å². The van der Waals surface area contributed by atoms with Crippen LogP contribution in [0.15, 0.2) is 24.3 Å². The summed E-state index contributed by atoms with van der Waals surface area (Å²) in [6.45, 7) is 5.21. The third kappa shape index (κ3) is 4.52. The number of ether oxygens (including phenoxy) is 1. The molecular weight excluding hydrogens is 247 g/mol. The smallest absolute Gasteiger partial charge is 0.324 e. The summed E-state index contributed by atoms with van der Waals surface area (Å²) in [4.78, 5) is 13.7. The molecule has 0 amide bonds. The molecule has 1 N–H and O–H groups in total. The van der Waals surface area contributed by atoms with Gasteiger partial charge in [-0.05, 0) is 39.1 Å². The van der Waals surface area contributed by atoms with Gasteiger partial charge in [-0.15, -0.1) is 0 Å². The molecule has 0 heterocycles. The lowest BCUT2D eigenvalue weighted by atomic mass is 10.2. The quantitative estimate of drug-likeness (QED) is 0.766. The van der Waals surface area contributed by atoms with E-state index in [1.165, 1.54) is 12.1 Å². The number of carbonyl (C=O) groups is 1. The Balaban J connectivity index is 2.77.